The summed E-state index contributed by atoms with van der Waals surface area (Å²) in [5.41, 5.74) is 3.72. The van der Waals surface area contributed by atoms with Gasteiger partial charge in [0.15, 0.2) is 0 Å². The molecule has 0 aliphatic rings. The third-order valence-electron chi connectivity index (χ3n) is 5.80. The molecule has 0 spiro atoms. The van der Waals surface area contributed by atoms with Crippen LogP contribution in [0.15, 0.2) is 78.9 Å². The molecule has 0 radical (unpaired) electrons. The zero-order valence-corrected chi connectivity index (χ0v) is 19.7. The molecule has 6 heteroatoms. The number of carboxylic acid groups (broad SMARTS) is 1. The van der Waals surface area contributed by atoms with Crippen molar-refractivity contribution in [3.05, 3.63) is 90.0 Å². The number of hydrogen-bond acceptors (Lipinski definition) is 4. The highest BCUT2D eigenvalue weighted by Gasteiger charge is 2.23. The minimum Gasteiger partial charge on any atom is -0.492 e. The van der Waals surface area contributed by atoms with Crippen LogP contribution >= 0.6 is 0 Å². The molecule has 1 unspecified atom stereocenters. The van der Waals surface area contributed by atoms with Crippen molar-refractivity contribution in [1.82, 2.24) is 10.2 Å². The van der Waals surface area contributed by atoms with E-state index in [1.165, 1.54) is 0 Å². The molecule has 0 aromatic heterocycles. The van der Waals surface area contributed by atoms with Crippen LogP contribution in [0.4, 0.5) is 0 Å². The van der Waals surface area contributed by atoms with Crippen LogP contribution in [-0.4, -0.2) is 54.2 Å². The summed E-state index contributed by atoms with van der Waals surface area (Å²) in [4.78, 5) is 26.0. The number of carboxylic acids is 1. The molecule has 3 rings (SSSR count). The normalized spacial score (nSPS) is 11.7. The summed E-state index contributed by atoms with van der Waals surface area (Å²) in [5.74, 6) is -0.274. The minimum absolute atomic E-state index is 0.144. The fourth-order valence-corrected chi connectivity index (χ4v) is 3.86. The number of benzene rings is 3. The summed E-state index contributed by atoms with van der Waals surface area (Å²) in [6.07, 6.45) is 0.441. The number of amides is 1. The van der Waals surface area contributed by atoms with Gasteiger partial charge in [0.2, 0.25) is 0 Å². The Hall–Kier alpha value is -3.64. The summed E-state index contributed by atoms with van der Waals surface area (Å²) >= 11 is 0. The topological polar surface area (TPSA) is 78.9 Å². The van der Waals surface area contributed by atoms with Crippen LogP contribution in [0, 0.1) is 0 Å². The first-order valence-electron chi connectivity index (χ1n) is 11.6. The van der Waals surface area contributed by atoms with Gasteiger partial charge in [-0.1, -0.05) is 68.4 Å². The third kappa shape index (κ3) is 6.93. The lowest BCUT2D eigenvalue weighted by Crippen LogP contribution is -2.42. The molecule has 0 heterocycles. The van der Waals surface area contributed by atoms with Gasteiger partial charge in [0.05, 0.1) is 6.54 Å². The van der Waals surface area contributed by atoms with Gasteiger partial charge in [-0.15, -0.1) is 0 Å². The number of carbonyl (C=O) groups excluding carboxylic acids is 1. The maximum Gasteiger partial charge on any atom is 0.321 e. The summed E-state index contributed by atoms with van der Waals surface area (Å²) in [7, 11) is 0. The Kier molecular flexibility index (Phi) is 9.23. The molecule has 34 heavy (non-hydrogen) atoms. The number of rotatable bonds is 12. The lowest BCUT2D eigenvalue weighted by molar-refractivity contribution is -0.143. The third-order valence-corrected chi connectivity index (χ3v) is 5.80. The number of nitrogens with zero attached hydrogens (tertiary/aromatic N) is 1. The summed E-state index contributed by atoms with van der Waals surface area (Å²) in [5, 5.41) is 12.4. The Labute approximate surface area is 201 Å². The van der Waals surface area contributed by atoms with Crippen molar-refractivity contribution < 1.29 is 19.4 Å². The number of aliphatic carboxylic acids is 1. The maximum atomic E-state index is 12.4. The molecule has 1 atom stereocenters. The average Bonchev–Trinajstić information content (AvgIpc) is 2.88. The van der Waals surface area contributed by atoms with Crippen molar-refractivity contribution in [2.75, 3.05) is 26.2 Å². The van der Waals surface area contributed by atoms with Crippen LogP contribution in [0.2, 0.25) is 0 Å². The van der Waals surface area contributed by atoms with Gasteiger partial charge < -0.3 is 15.2 Å². The fourth-order valence-electron chi connectivity index (χ4n) is 3.86. The number of likely N-dealkylation sites (N-methyl/N-ethyl adjacent to an activating group) is 1. The lowest BCUT2D eigenvalue weighted by Gasteiger charge is -2.26. The van der Waals surface area contributed by atoms with E-state index in [1.807, 2.05) is 97.6 Å². The Morgan fingerprint density at radius 1 is 0.882 bits per heavy atom. The largest absolute Gasteiger partial charge is 0.492 e. The van der Waals surface area contributed by atoms with E-state index >= 15 is 0 Å². The molecular weight excluding hydrogens is 428 g/mol. The first-order valence-corrected chi connectivity index (χ1v) is 11.6. The Balaban J connectivity index is 1.45. The van der Waals surface area contributed by atoms with Gasteiger partial charge in [-0.25, -0.2) is 0 Å². The van der Waals surface area contributed by atoms with Crippen molar-refractivity contribution in [2.45, 2.75) is 26.3 Å². The average molecular weight is 461 g/mol. The molecule has 0 fully saturated rings. The lowest BCUT2D eigenvalue weighted by atomic mass is 10.0. The van der Waals surface area contributed by atoms with Crippen LogP contribution in [0.3, 0.4) is 0 Å². The molecule has 0 saturated carbocycles. The van der Waals surface area contributed by atoms with Crippen LogP contribution in [0.1, 0.15) is 29.8 Å². The molecular formula is C28H32N2O4. The van der Waals surface area contributed by atoms with E-state index in [0.29, 0.717) is 44.0 Å². The first-order chi connectivity index (χ1) is 16.5. The highest BCUT2D eigenvalue weighted by molar-refractivity contribution is 5.94. The van der Waals surface area contributed by atoms with E-state index in [-0.39, 0.29) is 5.91 Å². The van der Waals surface area contributed by atoms with E-state index in [0.717, 1.165) is 16.7 Å². The van der Waals surface area contributed by atoms with Gasteiger partial charge in [0, 0.05) is 5.56 Å². The molecule has 0 bridgehead atoms. The van der Waals surface area contributed by atoms with Crippen molar-refractivity contribution in [2.24, 2.45) is 0 Å². The molecule has 1 amide bonds. The molecule has 3 aromatic carbocycles. The molecule has 0 saturated heterocycles. The van der Waals surface area contributed by atoms with Crippen LogP contribution in [0.5, 0.6) is 5.75 Å². The van der Waals surface area contributed by atoms with Gasteiger partial charge >= 0.3 is 5.97 Å². The second kappa shape index (κ2) is 12.6. The summed E-state index contributed by atoms with van der Waals surface area (Å²) in [6, 6.07) is 24.5. The van der Waals surface area contributed by atoms with Gasteiger partial charge in [0.25, 0.3) is 5.91 Å². The predicted octanol–water partition coefficient (Wildman–Crippen LogP) is 4.50. The number of ether oxygens (including phenoxy) is 1. The molecule has 3 aromatic rings. The molecule has 0 aliphatic carbocycles. The van der Waals surface area contributed by atoms with Gasteiger partial charge in [-0.05, 0) is 60.5 Å². The van der Waals surface area contributed by atoms with E-state index in [9.17, 15) is 14.7 Å². The molecule has 178 valence electrons. The monoisotopic (exact) mass is 460 g/mol. The number of carbonyl (C=O) groups is 2. The van der Waals surface area contributed by atoms with Crippen molar-refractivity contribution in [3.8, 4) is 16.9 Å². The predicted molar refractivity (Wildman–Crippen MR) is 134 cm³/mol. The van der Waals surface area contributed by atoms with Crippen LogP contribution in [-0.2, 0) is 11.2 Å². The van der Waals surface area contributed by atoms with E-state index in [1.54, 1.807) is 0 Å². The van der Waals surface area contributed by atoms with Crippen molar-refractivity contribution >= 4 is 11.9 Å². The Bertz CT molecular complexity index is 1050. The SMILES string of the molecule is CCN(CC)C(Cc1ccc(OCCNC(=O)c2ccc(-c3ccccc3)cc2)cc1)C(=O)O. The van der Waals surface area contributed by atoms with Gasteiger partial charge in [0.1, 0.15) is 18.4 Å². The van der Waals surface area contributed by atoms with Crippen LogP contribution in [0.25, 0.3) is 11.1 Å². The first kappa shape index (κ1) is 25.0. The smallest absolute Gasteiger partial charge is 0.321 e. The summed E-state index contributed by atoms with van der Waals surface area (Å²) in [6.45, 7) is 6.04. The van der Waals surface area contributed by atoms with E-state index in [2.05, 4.69) is 5.32 Å². The van der Waals surface area contributed by atoms with Crippen LogP contribution < -0.4 is 10.1 Å². The van der Waals surface area contributed by atoms with Gasteiger partial charge in [-0.2, -0.15) is 0 Å². The number of hydrogen-bond donors (Lipinski definition) is 2. The highest BCUT2D eigenvalue weighted by Crippen LogP contribution is 2.19. The second-order valence-corrected chi connectivity index (χ2v) is 7.97. The van der Waals surface area contributed by atoms with Crippen molar-refractivity contribution in [3.63, 3.8) is 0 Å². The standard InChI is InChI=1S/C28H32N2O4/c1-3-30(4-2)26(28(32)33)20-21-10-16-25(17-11-21)34-19-18-29-27(31)24-14-12-23(13-15-24)22-8-6-5-7-9-22/h5-17,26H,3-4,18-20H2,1-2H3,(H,29,31)(H,32,33). The zero-order valence-electron chi connectivity index (χ0n) is 19.7. The van der Waals surface area contributed by atoms with Crippen molar-refractivity contribution in [1.29, 1.82) is 0 Å². The summed E-state index contributed by atoms with van der Waals surface area (Å²) < 4.78 is 5.72. The Morgan fingerprint density at radius 3 is 2.09 bits per heavy atom. The number of nitrogens with one attached hydrogen (secondary N) is 1. The molecule has 2 N–H and O–H groups in total. The second-order valence-electron chi connectivity index (χ2n) is 7.97. The van der Waals surface area contributed by atoms with E-state index in [4.69, 9.17) is 4.74 Å². The molecule has 0 aliphatic heterocycles. The quantitative estimate of drug-likeness (QED) is 0.389. The maximum absolute atomic E-state index is 12.4. The van der Waals surface area contributed by atoms with E-state index < -0.39 is 12.0 Å². The minimum atomic E-state index is -0.811. The Morgan fingerprint density at radius 2 is 1.50 bits per heavy atom. The highest BCUT2D eigenvalue weighted by atomic mass is 16.5. The fraction of sp³-hybridized carbons (Fsp3) is 0.286. The zero-order chi connectivity index (χ0) is 24.3. The molecule has 6 nitrogen and oxygen atoms in total. The van der Waals surface area contributed by atoms with Gasteiger partial charge in [-0.3, -0.25) is 14.5 Å².